The van der Waals surface area contributed by atoms with Crippen LogP contribution in [-0.4, -0.2) is 82.4 Å². The lowest BCUT2D eigenvalue weighted by molar-refractivity contribution is -0.117. The number of carbonyl (C=O) groups excluding carboxylic acids is 2. The van der Waals surface area contributed by atoms with Crippen LogP contribution >= 0.6 is 23.2 Å². The van der Waals surface area contributed by atoms with E-state index in [0.29, 0.717) is 71.9 Å². The number of nitrogens with one attached hydrogen (secondary N) is 7. The third-order valence-corrected chi connectivity index (χ3v) is 13.9. The Morgan fingerprint density at radius 1 is 0.603 bits per heavy atom. The quantitative estimate of drug-likeness (QED) is 0.0425. The van der Waals surface area contributed by atoms with Crippen molar-refractivity contribution in [3.05, 3.63) is 143 Å². The van der Waals surface area contributed by atoms with Crippen molar-refractivity contribution in [2.75, 3.05) is 58.5 Å². The second-order valence-electron chi connectivity index (χ2n) is 15.8. The topological polar surface area (TPSA) is 283 Å². The molecule has 0 unspecified atom stereocenters. The van der Waals surface area contributed by atoms with Gasteiger partial charge in [-0.1, -0.05) is 59.6 Å². The average molecular weight is 1070 g/mol. The lowest BCUT2D eigenvalue weighted by Gasteiger charge is -2.16. The zero-order chi connectivity index (χ0) is 52.5. The number of anilines is 8. The van der Waals surface area contributed by atoms with Crippen molar-refractivity contribution in [3.63, 3.8) is 0 Å². The number of rotatable bonds is 17. The number of methoxy groups -OCH3 is 2. The van der Waals surface area contributed by atoms with E-state index < -0.39 is 32.0 Å². The predicted octanol–water partition coefficient (Wildman–Crippen LogP) is 8.42. The van der Waals surface area contributed by atoms with Gasteiger partial charge in [0.05, 0.1) is 80.1 Å². The summed E-state index contributed by atoms with van der Waals surface area (Å²) in [5.74, 6) is 0.560. The fourth-order valence-electron chi connectivity index (χ4n) is 6.72. The van der Waals surface area contributed by atoms with E-state index in [1.54, 1.807) is 117 Å². The SMILES string of the molecule is CNCC(=O)Nc1cccc(S(=O)(=O)Nc2nc3ccccc3nc2Nc2cc(OC)ccc2Cl)c1.COc1ccc(Cl)c(Nc2nc3ccccc3nc2NS(=O)(=O)c2cc(NC(=O)[C@@H](C)N)ccc2C)c1. The van der Waals surface area contributed by atoms with Gasteiger partial charge in [0.15, 0.2) is 23.3 Å². The third-order valence-electron chi connectivity index (χ3n) is 10.4. The number of halogens is 2. The summed E-state index contributed by atoms with van der Waals surface area (Å²) in [5, 5.41) is 14.9. The van der Waals surface area contributed by atoms with Crippen molar-refractivity contribution in [3.8, 4) is 11.5 Å². The van der Waals surface area contributed by atoms with Crippen LogP contribution in [0.4, 0.5) is 46.0 Å². The van der Waals surface area contributed by atoms with Gasteiger partial charge in [-0.25, -0.2) is 36.8 Å². The van der Waals surface area contributed by atoms with Crippen molar-refractivity contribution in [1.29, 1.82) is 0 Å². The zero-order valence-electron chi connectivity index (χ0n) is 39.6. The fourth-order valence-corrected chi connectivity index (χ4v) is 9.39. The summed E-state index contributed by atoms with van der Waals surface area (Å²) in [6, 6.07) is 33.8. The Morgan fingerprint density at radius 3 is 1.56 bits per heavy atom. The van der Waals surface area contributed by atoms with Crippen molar-refractivity contribution < 1.29 is 35.9 Å². The van der Waals surface area contributed by atoms with Crippen LogP contribution in [0.1, 0.15) is 12.5 Å². The number of aryl methyl sites for hydroxylation is 1. The van der Waals surface area contributed by atoms with Gasteiger partial charge in [-0.05, 0) is 105 Å². The van der Waals surface area contributed by atoms with Gasteiger partial charge in [0.25, 0.3) is 20.0 Å². The maximum atomic E-state index is 13.5. The minimum absolute atomic E-state index is 0.0304. The van der Waals surface area contributed by atoms with Gasteiger partial charge in [0.1, 0.15) is 11.5 Å². The summed E-state index contributed by atoms with van der Waals surface area (Å²) < 4.78 is 69.2. The Balaban J connectivity index is 0.000000214. The Kier molecular flexibility index (Phi) is 16.8. The number of hydrogen-bond acceptors (Lipinski definition) is 16. The van der Waals surface area contributed by atoms with Crippen molar-refractivity contribution >= 4 is 123 Å². The van der Waals surface area contributed by atoms with Crippen LogP contribution in [-0.2, 0) is 29.6 Å². The minimum atomic E-state index is -4.16. The van der Waals surface area contributed by atoms with Gasteiger partial charge < -0.3 is 41.8 Å². The first-order valence-electron chi connectivity index (χ1n) is 21.9. The summed E-state index contributed by atoms with van der Waals surface area (Å²) in [5.41, 5.74) is 9.68. The highest BCUT2D eigenvalue weighted by Gasteiger charge is 2.24. The molecule has 0 aliphatic heterocycles. The number of fused-ring (bicyclic) bond motifs is 2. The Bertz CT molecular complexity index is 3590. The van der Waals surface area contributed by atoms with Crippen LogP contribution in [0, 0.1) is 6.92 Å². The molecule has 0 saturated heterocycles. The first-order valence-corrected chi connectivity index (χ1v) is 25.6. The van der Waals surface area contributed by atoms with Crippen LogP contribution in [0.15, 0.2) is 137 Å². The number of aromatic nitrogens is 4. The van der Waals surface area contributed by atoms with Gasteiger partial charge in [0, 0.05) is 23.5 Å². The maximum absolute atomic E-state index is 13.5. The van der Waals surface area contributed by atoms with Gasteiger partial charge in [-0.15, -0.1) is 0 Å². The zero-order valence-corrected chi connectivity index (χ0v) is 42.8. The van der Waals surface area contributed by atoms with Crippen LogP contribution in [0.3, 0.4) is 0 Å². The molecule has 0 aliphatic carbocycles. The van der Waals surface area contributed by atoms with E-state index in [4.69, 9.17) is 38.4 Å². The van der Waals surface area contributed by atoms with E-state index in [1.807, 2.05) is 0 Å². The van der Waals surface area contributed by atoms with E-state index in [-0.39, 0.29) is 45.5 Å². The van der Waals surface area contributed by atoms with Gasteiger partial charge in [0.2, 0.25) is 11.8 Å². The lowest BCUT2D eigenvalue weighted by atomic mass is 10.2. The van der Waals surface area contributed by atoms with Gasteiger partial charge in [-0.2, -0.15) is 0 Å². The largest absolute Gasteiger partial charge is 0.497 e. The summed E-state index contributed by atoms with van der Waals surface area (Å²) in [6.45, 7) is 3.26. The summed E-state index contributed by atoms with van der Waals surface area (Å²) in [7, 11) is -3.58. The summed E-state index contributed by atoms with van der Waals surface area (Å²) in [6.07, 6.45) is 0. The molecule has 8 aromatic rings. The van der Waals surface area contributed by atoms with Crippen LogP contribution < -0.4 is 51.2 Å². The third kappa shape index (κ3) is 13.4. The highest BCUT2D eigenvalue weighted by molar-refractivity contribution is 7.93. The molecule has 0 saturated carbocycles. The Labute approximate surface area is 430 Å². The van der Waals surface area contributed by atoms with E-state index in [1.165, 1.54) is 45.4 Å². The smallest absolute Gasteiger partial charge is 0.263 e. The Hall–Kier alpha value is -7.86. The molecule has 73 heavy (non-hydrogen) atoms. The standard InChI is InChI=1S/C25H25ClN6O4S.C24H23ClN6O4S/c1-14-8-9-16(28-25(33)15(2)27)12-22(14)37(34,35)32-24-23(29-19-6-4-5-7-20(19)30-24)31-21-13-17(36-3)10-11-18(21)26;1-26-14-22(32)27-15-6-5-7-17(12-15)36(33,34)31-24-23(28-19-8-3-4-9-20(19)29-24)30-21-13-16(35-2)10-11-18(21)25/h4-13,15H,27H2,1-3H3,(H,28,33)(H,29,31)(H,30,32);3-13,26H,14H2,1-2H3,(H,27,32)(H,28,30)(H,29,31)/t15-;/m1./s1. The molecule has 0 radical (unpaired) electrons. The molecule has 1 atom stereocenters. The summed E-state index contributed by atoms with van der Waals surface area (Å²) >= 11 is 12.7. The normalized spacial score (nSPS) is 11.7. The van der Waals surface area contributed by atoms with Gasteiger partial charge in [-0.3, -0.25) is 19.0 Å². The van der Waals surface area contributed by atoms with E-state index in [2.05, 4.69) is 56.0 Å². The molecule has 2 amide bonds. The molecule has 8 rings (SSSR count). The molecule has 0 aliphatic rings. The minimum Gasteiger partial charge on any atom is -0.497 e. The number of amides is 2. The second kappa shape index (κ2) is 23.1. The fraction of sp³-hybridized carbons (Fsp3) is 0.143. The number of carbonyl (C=O) groups is 2. The molecule has 9 N–H and O–H groups in total. The molecule has 2 heterocycles. The van der Waals surface area contributed by atoms with Crippen LogP contribution in [0.5, 0.6) is 11.5 Å². The van der Waals surface area contributed by atoms with Crippen LogP contribution in [0.25, 0.3) is 22.1 Å². The molecular weight excluding hydrogens is 1020 g/mol. The number of sulfonamides is 2. The number of ether oxygens (including phenoxy) is 2. The lowest BCUT2D eigenvalue weighted by Crippen LogP contribution is -2.32. The number of hydrogen-bond donors (Lipinski definition) is 8. The number of nitrogens with two attached hydrogens (primary N) is 1. The second-order valence-corrected chi connectivity index (χ2v) is 20.0. The molecular formula is C49H48Cl2N12O8S2. The van der Waals surface area contributed by atoms with Crippen molar-refractivity contribution in [2.45, 2.75) is 29.7 Å². The Morgan fingerprint density at radius 2 is 1.08 bits per heavy atom. The van der Waals surface area contributed by atoms with Crippen molar-refractivity contribution in [2.24, 2.45) is 5.73 Å². The monoisotopic (exact) mass is 1070 g/mol. The van der Waals surface area contributed by atoms with Gasteiger partial charge >= 0.3 is 0 Å². The number of benzene rings is 6. The van der Waals surface area contributed by atoms with E-state index >= 15 is 0 Å². The molecule has 6 aromatic carbocycles. The molecule has 0 spiro atoms. The molecule has 2 aromatic heterocycles. The number of nitrogens with zero attached hydrogens (tertiary/aromatic N) is 4. The molecule has 0 bridgehead atoms. The highest BCUT2D eigenvalue weighted by atomic mass is 35.5. The molecule has 378 valence electrons. The molecule has 24 heteroatoms. The van der Waals surface area contributed by atoms with Crippen LogP contribution in [0.2, 0.25) is 10.0 Å². The first-order chi connectivity index (χ1) is 34.9. The number of likely N-dealkylation sites (N-methyl/N-ethyl adjacent to an activating group) is 1. The molecule has 0 fully saturated rings. The summed E-state index contributed by atoms with van der Waals surface area (Å²) in [4.78, 5) is 41.9. The predicted molar refractivity (Wildman–Crippen MR) is 286 cm³/mol. The highest BCUT2D eigenvalue weighted by Crippen LogP contribution is 2.35. The number of para-hydroxylation sites is 4. The first kappa shape index (κ1) is 53.0. The van der Waals surface area contributed by atoms with Crippen molar-refractivity contribution in [1.82, 2.24) is 25.3 Å². The molecule has 20 nitrogen and oxygen atoms in total. The maximum Gasteiger partial charge on any atom is 0.263 e. The van der Waals surface area contributed by atoms with E-state index in [0.717, 1.165) is 0 Å². The van der Waals surface area contributed by atoms with E-state index in [9.17, 15) is 26.4 Å². The average Bonchev–Trinajstić information content (AvgIpc) is 3.36.